The van der Waals surface area contributed by atoms with Gasteiger partial charge in [-0.15, -0.1) is 5.10 Å². The quantitative estimate of drug-likeness (QED) is 0.311. The molecule has 0 amide bonds. The zero-order chi connectivity index (χ0) is 18.5. The highest BCUT2D eigenvalue weighted by atomic mass is 35.5. The maximum absolute atomic E-state index is 12.0. The molecule has 2 aromatic carbocycles. The Morgan fingerprint density at radius 1 is 1.19 bits per heavy atom. The van der Waals surface area contributed by atoms with Crippen LogP contribution in [-0.2, 0) is 4.79 Å². The first-order valence-corrected chi connectivity index (χ1v) is 8.87. The molecule has 1 heterocycles. The van der Waals surface area contributed by atoms with Gasteiger partial charge in [0.15, 0.2) is 10.8 Å². The molecule has 132 valence electrons. The number of aromatic nitrogens is 4. The van der Waals surface area contributed by atoms with Gasteiger partial charge >= 0.3 is 0 Å². The number of nitrogens with zero attached hydrogens (tertiary/aromatic N) is 5. The molecule has 0 aliphatic carbocycles. The summed E-state index contributed by atoms with van der Waals surface area (Å²) >= 11 is 7.19. The molecule has 0 spiro atoms. The van der Waals surface area contributed by atoms with Gasteiger partial charge in [-0.3, -0.25) is 10.2 Å². The highest BCUT2D eigenvalue weighted by Gasteiger charge is 2.16. The van der Waals surface area contributed by atoms with Crippen molar-refractivity contribution in [2.75, 3.05) is 5.43 Å². The Morgan fingerprint density at radius 2 is 1.96 bits per heavy atom. The molecule has 0 bridgehead atoms. The Labute approximate surface area is 159 Å². The number of hydrogen-bond donors (Lipinski definition) is 1. The number of anilines is 1. The van der Waals surface area contributed by atoms with Gasteiger partial charge in [-0.05, 0) is 58.9 Å². The number of para-hydroxylation sites is 1. The third-order valence-corrected chi connectivity index (χ3v) is 4.90. The fourth-order valence-electron chi connectivity index (χ4n) is 2.07. The summed E-state index contributed by atoms with van der Waals surface area (Å²) < 4.78 is 1.55. The van der Waals surface area contributed by atoms with Gasteiger partial charge < -0.3 is 0 Å². The number of ketones is 1. The van der Waals surface area contributed by atoms with Crippen molar-refractivity contribution in [3.8, 4) is 5.69 Å². The predicted octanol–water partition coefficient (Wildman–Crippen LogP) is 3.73. The van der Waals surface area contributed by atoms with E-state index in [1.54, 1.807) is 10.7 Å². The van der Waals surface area contributed by atoms with Gasteiger partial charge in [0, 0.05) is 11.9 Å². The normalized spacial score (nSPS) is 11.4. The fourth-order valence-corrected chi connectivity index (χ4v) is 2.96. The SMILES string of the molecule is CC(=O)/C(=N\Nc1cccc(Cl)c1C)Sc1nnnn1-c1ccccc1. The van der Waals surface area contributed by atoms with Crippen LogP contribution in [0.5, 0.6) is 0 Å². The molecule has 0 aliphatic heterocycles. The van der Waals surface area contributed by atoms with Crippen molar-refractivity contribution < 1.29 is 4.79 Å². The lowest BCUT2D eigenvalue weighted by molar-refractivity contribution is -0.110. The molecule has 0 unspecified atom stereocenters. The van der Waals surface area contributed by atoms with E-state index in [-0.39, 0.29) is 10.8 Å². The van der Waals surface area contributed by atoms with Crippen molar-refractivity contribution in [3.05, 3.63) is 59.1 Å². The molecular weight excluding hydrogens is 372 g/mol. The van der Waals surface area contributed by atoms with Crippen LogP contribution in [0, 0.1) is 6.92 Å². The van der Waals surface area contributed by atoms with Gasteiger partial charge in [-0.2, -0.15) is 9.78 Å². The number of carbonyl (C=O) groups excluding carboxylic acids is 1. The number of Topliss-reactive ketones (excluding diaryl/α,β-unsaturated/α-hetero) is 1. The molecule has 0 atom stereocenters. The Morgan fingerprint density at radius 3 is 2.69 bits per heavy atom. The molecule has 0 aliphatic rings. The summed E-state index contributed by atoms with van der Waals surface area (Å²) in [7, 11) is 0. The third-order valence-electron chi connectivity index (χ3n) is 3.48. The van der Waals surface area contributed by atoms with Crippen molar-refractivity contribution in [2.24, 2.45) is 5.10 Å². The van der Waals surface area contributed by atoms with E-state index >= 15 is 0 Å². The van der Waals surface area contributed by atoms with Crippen LogP contribution >= 0.6 is 23.4 Å². The number of rotatable bonds is 5. The van der Waals surface area contributed by atoms with Crippen molar-refractivity contribution in [2.45, 2.75) is 19.0 Å². The number of hydrazone groups is 1. The molecule has 0 radical (unpaired) electrons. The minimum Gasteiger partial charge on any atom is -0.292 e. The number of carbonyl (C=O) groups is 1. The minimum atomic E-state index is -0.204. The van der Waals surface area contributed by atoms with Crippen LogP contribution in [-0.4, -0.2) is 31.0 Å². The number of benzene rings is 2. The van der Waals surface area contributed by atoms with E-state index in [4.69, 9.17) is 11.6 Å². The molecule has 0 fully saturated rings. The van der Waals surface area contributed by atoms with E-state index < -0.39 is 0 Å². The minimum absolute atomic E-state index is 0.204. The van der Waals surface area contributed by atoms with Gasteiger partial charge in [0.05, 0.1) is 11.4 Å². The number of thioether (sulfide) groups is 1. The fraction of sp³-hybridized carbons (Fsp3) is 0.118. The topological polar surface area (TPSA) is 85.1 Å². The van der Waals surface area contributed by atoms with Crippen LogP contribution in [0.25, 0.3) is 5.69 Å². The molecule has 3 aromatic rings. The van der Waals surface area contributed by atoms with Crippen molar-refractivity contribution >= 4 is 39.9 Å². The molecule has 26 heavy (non-hydrogen) atoms. The molecule has 1 N–H and O–H groups in total. The molecule has 7 nitrogen and oxygen atoms in total. The number of hydrogen-bond acceptors (Lipinski definition) is 7. The molecule has 9 heteroatoms. The predicted molar refractivity (Wildman–Crippen MR) is 103 cm³/mol. The van der Waals surface area contributed by atoms with E-state index in [1.807, 2.05) is 49.4 Å². The number of nitrogens with one attached hydrogen (secondary N) is 1. The smallest absolute Gasteiger partial charge is 0.220 e. The van der Waals surface area contributed by atoms with E-state index in [9.17, 15) is 4.79 Å². The Kier molecular flexibility index (Phi) is 5.65. The van der Waals surface area contributed by atoms with E-state index in [1.165, 1.54) is 6.92 Å². The third kappa shape index (κ3) is 4.09. The summed E-state index contributed by atoms with van der Waals surface area (Å²) in [4.78, 5) is 12.0. The first-order valence-electron chi connectivity index (χ1n) is 7.67. The van der Waals surface area contributed by atoms with E-state index in [2.05, 4.69) is 26.1 Å². The number of halogens is 1. The van der Waals surface area contributed by atoms with Crippen molar-refractivity contribution in [1.82, 2.24) is 20.2 Å². The summed E-state index contributed by atoms with van der Waals surface area (Å²) in [6.45, 7) is 3.31. The lowest BCUT2D eigenvalue weighted by atomic mass is 10.2. The summed E-state index contributed by atoms with van der Waals surface area (Å²) in [6.07, 6.45) is 0. The zero-order valence-electron chi connectivity index (χ0n) is 14.0. The standard InChI is InChI=1S/C17H15ClN6OS/c1-11-14(18)9-6-10-15(11)19-20-16(12(2)25)26-17-21-22-23-24(17)13-7-4-3-5-8-13/h3-10,19H,1-2H3/b20-16+. The lowest BCUT2D eigenvalue weighted by Crippen LogP contribution is -2.10. The molecule has 3 rings (SSSR count). The zero-order valence-corrected chi connectivity index (χ0v) is 15.6. The Balaban J connectivity index is 1.85. The average Bonchev–Trinajstić information content (AvgIpc) is 3.10. The van der Waals surface area contributed by atoms with Gasteiger partial charge in [0.1, 0.15) is 0 Å². The summed E-state index contributed by atoms with van der Waals surface area (Å²) in [5.74, 6) is -0.204. The molecule has 1 aromatic heterocycles. The maximum Gasteiger partial charge on any atom is 0.220 e. The van der Waals surface area contributed by atoms with E-state index in [0.29, 0.717) is 10.2 Å². The van der Waals surface area contributed by atoms with Crippen LogP contribution in [0.2, 0.25) is 5.02 Å². The van der Waals surface area contributed by atoms with Crippen LogP contribution in [0.4, 0.5) is 5.69 Å². The van der Waals surface area contributed by atoms with Crippen molar-refractivity contribution in [1.29, 1.82) is 0 Å². The van der Waals surface area contributed by atoms with Crippen LogP contribution in [0.1, 0.15) is 12.5 Å². The average molecular weight is 387 g/mol. The first-order chi connectivity index (χ1) is 12.6. The molecule has 0 saturated heterocycles. The van der Waals surface area contributed by atoms with Crippen LogP contribution in [0.3, 0.4) is 0 Å². The van der Waals surface area contributed by atoms with E-state index in [0.717, 1.165) is 28.7 Å². The van der Waals surface area contributed by atoms with Crippen molar-refractivity contribution in [3.63, 3.8) is 0 Å². The largest absolute Gasteiger partial charge is 0.292 e. The number of tetrazole rings is 1. The summed E-state index contributed by atoms with van der Waals surface area (Å²) in [6, 6.07) is 14.9. The van der Waals surface area contributed by atoms with Crippen LogP contribution < -0.4 is 5.43 Å². The maximum atomic E-state index is 12.0. The first kappa shape index (κ1) is 18.1. The van der Waals surface area contributed by atoms with Gasteiger partial charge in [0.2, 0.25) is 5.16 Å². The van der Waals surface area contributed by atoms with Gasteiger partial charge in [0.25, 0.3) is 0 Å². The van der Waals surface area contributed by atoms with Gasteiger partial charge in [-0.1, -0.05) is 35.9 Å². The van der Waals surface area contributed by atoms with Gasteiger partial charge in [-0.25, -0.2) is 0 Å². The lowest BCUT2D eigenvalue weighted by Gasteiger charge is -2.08. The van der Waals surface area contributed by atoms with Crippen LogP contribution in [0.15, 0.2) is 58.8 Å². The second kappa shape index (κ2) is 8.11. The molecule has 0 saturated carbocycles. The summed E-state index contributed by atoms with van der Waals surface area (Å²) in [5, 5.41) is 17.2. The highest BCUT2D eigenvalue weighted by molar-refractivity contribution is 8.15. The Bertz CT molecular complexity index is 957. The second-order valence-corrected chi connectivity index (χ2v) is 6.67. The highest BCUT2D eigenvalue weighted by Crippen LogP contribution is 2.24. The monoisotopic (exact) mass is 386 g/mol. The molecular formula is C17H15ClN6OS. The second-order valence-electron chi connectivity index (χ2n) is 5.31. The Hall–Kier alpha value is -2.71. The summed E-state index contributed by atoms with van der Waals surface area (Å²) in [5.41, 5.74) is 5.25.